The first-order chi connectivity index (χ1) is 8.10. The van der Waals surface area contributed by atoms with Crippen LogP contribution in [0.1, 0.15) is 4.88 Å². The second kappa shape index (κ2) is 5.04. The summed E-state index contributed by atoms with van der Waals surface area (Å²) in [5.74, 6) is -0.0969. The molecule has 2 aromatic rings. The number of hydrogen-bond acceptors (Lipinski definition) is 3. The maximum absolute atomic E-state index is 12.9. The molecule has 0 fully saturated rings. The number of nitrogens with zero attached hydrogens (tertiary/aromatic N) is 1. The Kier molecular flexibility index (Phi) is 3.66. The van der Waals surface area contributed by atoms with Crippen LogP contribution in [-0.4, -0.2) is 4.98 Å². The third-order valence-corrected chi connectivity index (χ3v) is 3.49. The fraction of sp³-hybridized carbons (Fsp3) is 0. The van der Waals surface area contributed by atoms with Crippen molar-refractivity contribution < 1.29 is 9.13 Å². The molecule has 0 saturated carbocycles. The highest BCUT2D eigenvalue weighted by Gasteiger charge is 2.09. The fourth-order valence-electron chi connectivity index (χ4n) is 1.10. The van der Waals surface area contributed by atoms with Gasteiger partial charge in [0.2, 0.25) is 0 Å². The summed E-state index contributed by atoms with van der Waals surface area (Å²) in [6.45, 7) is 3.60. The zero-order valence-corrected chi connectivity index (χ0v) is 10.7. The molecular weight excluding hydrogens is 284 g/mol. The van der Waals surface area contributed by atoms with Gasteiger partial charge in [0.1, 0.15) is 11.6 Å². The SMILES string of the molecule is C=Cc1sc(Oc2ccc(F)c(Cl)c2)nc1Cl. The topological polar surface area (TPSA) is 22.1 Å². The average molecular weight is 290 g/mol. The van der Waals surface area contributed by atoms with Gasteiger partial charge in [-0.2, -0.15) is 4.98 Å². The molecular formula is C11H6Cl2FNOS. The van der Waals surface area contributed by atoms with Crippen LogP contribution >= 0.6 is 34.5 Å². The van der Waals surface area contributed by atoms with Gasteiger partial charge in [0.05, 0.1) is 9.90 Å². The lowest BCUT2D eigenvalue weighted by atomic mass is 10.3. The van der Waals surface area contributed by atoms with E-state index in [1.54, 1.807) is 6.08 Å². The lowest BCUT2D eigenvalue weighted by Crippen LogP contribution is -1.84. The van der Waals surface area contributed by atoms with E-state index in [1.165, 1.54) is 29.5 Å². The van der Waals surface area contributed by atoms with Crippen LogP contribution in [-0.2, 0) is 0 Å². The lowest BCUT2D eigenvalue weighted by Gasteiger charge is -2.01. The lowest BCUT2D eigenvalue weighted by molar-refractivity contribution is 0.477. The van der Waals surface area contributed by atoms with Crippen LogP contribution in [0.2, 0.25) is 10.2 Å². The molecule has 0 saturated heterocycles. The zero-order chi connectivity index (χ0) is 12.4. The van der Waals surface area contributed by atoms with E-state index in [2.05, 4.69) is 11.6 Å². The first kappa shape index (κ1) is 12.4. The number of aromatic nitrogens is 1. The van der Waals surface area contributed by atoms with Crippen LogP contribution in [0.15, 0.2) is 24.8 Å². The van der Waals surface area contributed by atoms with Crippen molar-refractivity contribution in [2.45, 2.75) is 0 Å². The predicted molar refractivity (Wildman–Crippen MR) is 68.7 cm³/mol. The molecule has 17 heavy (non-hydrogen) atoms. The normalized spacial score (nSPS) is 10.3. The van der Waals surface area contributed by atoms with Gasteiger partial charge in [0, 0.05) is 6.07 Å². The number of rotatable bonds is 3. The third kappa shape index (κ3) is 2.77. The predicted octanol–water partition coefficient (Wildman–Crippen LogP) is 5.02. The molecule has 1 aromatic carbocycles. The van der Waals surface area contributed by atoms with Crippen LogP contribution in [0.4, 0.5) is 4.39 Å². The van der Waals surface area contributed by atoms with Crippen LogP contribution in [0.25, 0.3) is 6.08 Å². The summed E-state index contributed by atoms with van der Waals surface area (Å²) in [4.78, 5) is 4.70. The van der Waals surface area contributed by atoms with Gasteiger partial charge in [0.15, 0.2) is 5.15 Å². The molecule has 1 aromatic heterocycles. The van der Waals surface area contributed by atoms with E-state index in [0.29, 0.717) is 16.1 Å². The average Bonchev–Trinajstić information content (AvgIpc) is 2.64. The summed E-state index contributed by atoms with van der Waals surface area (Å²) in [7, 11) is 0. The summed E-state index contributed by atoms with van der Waals surface area (Å²) in [5.41, 5.74) is 0. The van der Waals surface area contributed by atoms with Gasteiger partial charge in [-0.25, -0.2) is 4.39 Å². The van der Waals surface area contributed by atoms with Crippen molar-refractivity contribution in [1.29, 1.82) is 0 Å². The Labute approximate surface area is 111 Å². The molecule has 0 radical (unpaired) electrons. The molecule has 0 spiro atoms. The quantitative estimate of drug-likeness (QED) is 0.791. The Bertz CT molecular complexity index is 571. The highest BCUT2D eigenvalue weighted by atomic mass is 35.5. The molecule has 0 unspecified atom stereocenters. The van der Waals surface area contributed by atoms with Crippen molar-refractivity contribution in [1.82, 2.24) is 4.98 Å². The Morgan fingerprint density at radius 2 is 2.18 bits per heavy atom. The zero-order valence-electron chi connectivity index (χ0n) is 8.41. The van der Waals surface area contributed by atoms with Crippen molar-refractivity contribution in [2.24, 2.45) is 0 Å². The van der Waals surface area contributed by atoms with E-state index in [4.69, 9.17) is 27.9 Å². The Balaban J connectivity index is 2.25. The smallest absolute Gasteiger partial charge is 0.280 e. The molecule has 2 rings (SSSR count). The molecule has 88 valence electrons. The maximum atomic E-state index is 12.9. The highest BCUT2D eigenvalue weighted by molar-refractivity contribution is 7.14. The minimum Gasteiger partial charge on any atom is -0.431 e. The van der Waals surface area contributed by atoms with E-state index < -0.39 is 5.82 Å². The van der Waals surface area contributed by atoms with E-state index >= 15 is 0 Å². The van der Waals surface area contributed by atoms with Crippen LogP contribution in [0.3, 0.4) is 0 Å². The molecule has 0 N–H and O–H groups in total. The summed E-state index contributed by atoms with van der Waals surface area (Å²) >= 11 is 12.7. The number of benzene rings is 1. The molecule has 0 bridgehead atoms. The van der Waals surface area contributed by atoms with Gasteiger partial charge in [-0.05, 0) is 18.2 Å². The fourth-order valence-corrected chi connectivity index (χ4v) is 2.27. The first-order valence-corrected chi connectivity index (χ1v) is 6.09. The number of thiazole rings is 1. The maximum Gasteiger partial charge on any atom is 0.280 e. The molecule has 0 aliphatic carbocycles. The van der Waals surface area contributed by atoms with Gasteiger partial charge in [-0.3, -0.25) is 0 Å². The summed E-state index contributed by atoms with van der Waals surface area (Å²) in [6, 6.07) is 4.06. The van der Waals surface area contributed by atoms with Crippen molar-refractivity contribution >= 4 is 40.6 Å². The number of halogens is 3. The minimum absolute atomic E-state index is 0.00547. The van der Waals surface area contributed by atoms with Gasteiger partial charge in [-0.15, -0.1) is 0 Å². The van der Waals surface area contributed by atoms with Crippen molar-refractivity contribution in [3.63, 3.8) is 0 Å². The van der Waals surface area contributed by atoms with E-state index in [9.17, 15) is 4.39 Å². The van der Waals surface area contributed by atoms with Gasteiger partial charge < -0.3 is 4.74 Å². The molecule has 0 amide bonds. The monoisotopic (exact) mass is 289 g/mol. The van der Waals surface area contributed by atoms with Crippen molar-refractivity contribution in [3.05, 3.63) is 45.6 Å². The van der Waals surface area contributed by atoms with E-state index in [0.717, 1.165) is 4.88 Å². The van der Waals surface area contributed by atoms with Gasteiger partial charge >= 0.3 is 0 Å². The van der Waals surface area contributed by atoms with E-state index in [1.807, 2.05) is 0 Å². The Morgan fingerprint density at radius 1 is 1.41 bits per heavy atom. The standard InChI is InChI=1S/C11H6Cl2FNOS/c1-2-9-10(13)15-11(17-9)16-6-3-4-8(14)7(12)5-6/h2-5H,1H2. The Morgan fingerprint density at radius 3 is 2.76 bits per heavy atom. The van der Waals surface area contributed by atoms with Gasteiger partial charge in [-0.1, -0.05) is 41.1 Å². The van der Waals surface area contributed by atoms with Gasteiger partial charge in [0.25, 0.3) is 5.19 Å². The van der Waals surface area contributed by atoms with Crippen LogP contribution < -0.4 is 4.74 Å². The van der Waals surface area contributed by atoms with Crippen molar-refractivity contribution in [2.75, 3.05) is 0 Å². The first-order valence-electron chi connectivity index (χ1n) is 4.52. The number of ether oxygens (including phenoxy) is 1. The van der Waals surface area contributed by atoms with Crippen LogP contribution in [0, 0.1) is 5.82 Å². The minimum atomic E-state index is -0.497. The number of hydrogen-bond donors (Lipinski definition) is 0. The second-order valence-electron chi connectivity index (χ2n) is 3.02. The summed E-state index contributed by atoms with van der Waals surface area (Å²) < 4.78 is 18.3. The molecule has 6 heteroatoms. The van der Waals surface area contributed by atoms with Crippen LogP contribution in [0.5, 0.6) is 10.9 Å². The van der Waals surface area contributed by atoms with Crippen molar-refractivity contribution in [3.8, 4) is 10.9 Å². The summed E-state index contributed by atoms with van der Waals surface area (Å²) in [6.07, 6.45) is 1.59. The molecule has 0 atom stereocenters. The molecule has 1 heterocycles. The second-order valence-corrected chi connectivity index (χ2v) is 4.78. The largest absolute Gasteiger partial charge is 0.431 e. The Hall–Kier alpha value is -1.10. The summed E-state index contributed by atoms with van der Waals surface area (Å²) in [5, 5.41) is 0.676. The highest BCUT2D eigenvalue weighted by Crippen LogP contribution is 2.33. The van der Waals surface area contributed by atoms with E-state index in [-0.39, 0.29) is 5.02 Å². The third-order valence-electron chi connectivity index (χ3n) is 1.87. The molecule has 2 nitrogen and oxygen atoms in total. The molecule has 0 aliphatic rings. The molecule has 0 aliphatic heterocycles.